The highest BCUT2D eigenvalue weighted by molar-refractivity contribution is 7.13. The highest BCUT2D eigenvalue weighted by Gasteiger charge is 2.16. The van der Waals surface area contributed by atoms with Crippen molar-refractivity contribution in [1.29, 1.82) is 0 Å². The molecule has 1 aromatic carbocycles. The van der Waals surface area contributed by atoms with Crippen LogP contribution in [0, 0.1) is 6.92 Å². The largest absolute Gasteiger partial charge is 0.493 e. The Hall–Kier alpha value is -2.28. The molecule has 0 unspecified atom stereocenters. The van der Waals surface area contributed by atoms with Crippen LogP contribution in [-0.2, 0) is 0 Å². The fraction of sp³-hybridized carbons (Fsp3) is 0.333. The van der Waals surface area contributed by atoms with Gasteiger partial charge in [-0.3, -0.25) is 5.32 Å². The molecule has 0 aliphatic carbocycles. The maximum atomic E-state index is 12.0. The fourth-order valence-electron chi connectivity index (χ4n) is 2.16. The summed E-state index contributed by atoms with van der Waals surface area (Å²) in [5.41, 5.74) is 1.98. The molecular weight excluding hydrogens is 302 g/mol. The van der Waals surface area contributed by atoms with Gasteiger partial charge >= 0.3 is 6.03 Å². The van der Waals surface area contributed by atoms with E-state index >= 15 is 0 Å². The quantitative estimate of drug-likeness (QED) is 0.886. The molecule has 6 nitrogen and oxygen atoms in total. The number of carbonyl (C=O) groups excluding carboxylic acids is 1. The van der Waals surface area contributed by atoms with Crippen LogP contribution in [0.3, 0.4) is 0 Å². The number of aromatic nitrogens is 1. The fourth-order valence-corrected chi connectivity index (χ4v) is 2.68. The van der Waals surface area contributed by atoms with E-state index in [-0.39, 0.29) is 12.1 Å². The van der Waals surface area contributed by atoms with E-state index in [0.29, 0.717) is 16.6 Å². The number of amides is 2. The number of thiazole rings is 1. The average Bonchev–Trinajstić information content (AvgIpc) is 2.99. The van der Waals surface area contributed by atoms with Gasteiger partial charge in [-0.1, -0.05) is 0 Å². The Bertz CT molecular complexity index is 644. The number of benzene rings is 1. The summed E-state index contributed by atoms with van der Waals surface area (Å²) in [6.07, 6.45) is 1.64. The predicted octanol–water partition coefficient (Wildman–Crippen LogP) is 3.35. The summed E-state index contributed by atoms with van der Waals surface area (Å²) in [6, 6.07) is 3.30. The lowest BCUT2D eigenvalue weighted by Crippen LogP contribution is -2.31. The maximum absolute atomic E-state index is 12.0. The van der Waals surface area contributed by atoms with Crippen molar-refractivity contribution in [2.45, 2.75) is 19.9 Å². The minimum Gasteiger partial charge on any atom is -0.493 e. The number of carbonyl (C=O) groups is 1. The van der Waals surface area contributed by atoms with Crippen LogP contribution in [0.5, 0.6) is 11.5 Å². The molecule has 2 amide bonds. The zero-order valence-electron chi connectivity index (χ0n) is 13.0. The zero-order chi connectivity index (χ0) is 16.1. The number of ether oxygens (including phenoxy) is 2. The second-order valence-electron chi connectivity index (χ2n) is 4.72. The third-order valence-electron chi connectivity index (χ3n) is 3.24. The molecule has 22 heavy (non-hydrogen) atoms. The van der Waals surface area contributed by atoms with Crippen molar-refractivity contribution in [3.8, 4) is 11.5 Å². The smallest absolute Gasteiger partial charge is 0.321 e. The number of nitrogens with zero attached hydrogens (tertiary/aromatic N) is 1. The number of methoxy groups -OCH3 is 2. The predicted molar refractivity (Wildman–Crippen MR) is 87.0 cm³/mol. The maximum Gasteiger partial charge on any atom is 0.321 e. The molecule has 1 aromatic heterocycles. The lowest BCUT2D eigenvalue weighted by atomic mass is 10.0. The van der Waals surface area contributed by atoms with Crippen LogP contribution in [0.15, 0.2) is 23.7 Å². The highest BCUT2D eigenvalue weighted by Crippen LogP contribution is 2.32. The molecule has 1 atom stereocenters. The van der Waals surface area contributed by atoms with Gasteiger partial charge in [-0.05, 0) is 37.1 Å². The summed E-state index contributed by atoms with van der Waals surface area (Å²) in [5.74, 6) is 1.31. The molecule has 0 aliphatic rings. The first-order valence-corrected chi connectivity index (χ1v) is 7.62. The molecule has 118 valence electrons. The van der Waals surface area contributed by atoms with E-state index in [1.54, 1.807) is 25.8 Å². The molecule has 7 heteroatoms. The van der Waals surface area contributed by atoms with Gasteiger partial charge in [0.25, 0.3) is 0 Å². The molecule has 0 aliphatic heterocycles. The van der Waals surface area contributed by atoms with Crippen LogP contribution in [0.2, 0.25) is 0 Å². The number of hydrogen-bond acceptors (Lipinski definition) is 5. The van der Waals surface area contributed by atoms with E-state index in [1.807, 2.05) is 26.0 Å². The number of urea groups is 1. The summed E-state index contributed by atoms with van der Waals surface area (Å²) in [5, 5.41) is 7.95. The standard InChI is InChI=1S/C15H19N3O3S/c1-9-7-12(20-3)13(21-4)8-11(9)10(2)17-14(19)18-15-16-5-6-22-15/h5-8,10H,1-4H3,(H2,16,17,18,19)/t10-/m1/s1. The first-order valence-electron chi connectivity index (χ1n) is 6.74. The van der Waals surface area contributed by atoms with Crippen molar-refractivity contribution in [3.63, 3.8) is 0 Å². The minimum atomic E-state index is -0.295. The second-order valence-corrected chi connectivity index (χ2v) is 5.62. The van der Waals surface area contributed by atoms with Crippen LogP contribution in [-0.4, -0.2) is 25.2 Å². The highest BCUT2D eigenvalue weighted by atomic mass is 32.1. The van der Waals surface area contributed by atoms with Crippen molar-refractivity contribution in [1.82, 2.24) is 10.3 Å². The van der Waals surface area contributed by atoms with Gasteiger partial charge in [-0.25, -0.2) is 9.78 Å². The van der Waals surface area contributed by atoms with Crippen molar-refractivity contribution in [2.75, 3.05) is 19.5 Å². The third kappa shape index (κ3) is 3.67. The van der Waals surface area contributed by atoms with Crippen LogP contribution in [0.25, 0.3) is 0 Å². The van der Waals surface area contributed by atoms with E-state index in [0.717, 1.165) is 11.1 Å². The van der Waals surface area contributed by atoms with Gasteiger partial charge in [0, 0.05) is 11.6 Å². The average molecular weight is 321 g/mol. The van der Waals surface area contributed by atoms with Gasteiger partial charge in [0.05, 0.1) is 20.3 Å². The normalized spacial score (nSPS) is 11.6. The van der Waals surface area contributed by atoms with E-state index in [4.69, 9.17) is 9.47 Å². The van der Waals surface area contributed by atoms with Crippen LogP contribution < -0.4 is 20.1 Å². The lowest BCUT2D eigenvalue weighted by molar-refractivity contribution is 0.249. The molecule has 2 N–H and O–H groups in total. The van der Waals surface area contributed by atoms with Gasteiger partial charge in [-0.2, -0.15) is 0 Å². The molecule has 0 saturated heterocycles. The minimum absolute atomic E-state index is 0.181. The number of rotatable bonds is 5. The first kappa shape index (κ1) is 16.1. The van der Waals surface area contributed by atoms with E-state index in [9.17, 15) is 4.79 Å². The Morgan fingerprint density at radius 1 is 1.27 bits per heavy atom. The Balaban J connectivity index is 2.11. The zero-order valence-corrected chi connectivity index (χ0v) is 13.8. The van der Waals surface area contributed by atoms with E-state index < -0.39 is 0 Å². The molecule has 0 spiro atoms. The Morgan fingerprint density at radius 3 is 2.55 bits per heavy atom. The monoisotopic (exact) mass is 321 g/mol. The molecule has 0 saturated carbocycles. The van der Waals surface area contributed by atoms with Gasteiger partial charge < -0.3 is 14.8 Å². The van der Waals surface area contributed by atoms with Crippen molar-refractivity contribution in [3.05, 3.63) is 34.8 Å². The SMILES string of the molecule is COc1cc(C)c([C@@H](C)NC(=O)Nc2nccs2)cc1OC. The van der Waals surface area contributed by atoms with E-state index in [1.165, 1.54) is 11.3 Å². The first-order chi connectivity index (χ1) is 10.5. The molecule has 0 fully saturated rings. The topological polar surface area (TPSA) is 72.5 Å². The number of hydrogen-bond donors (Lipinski definition) is 2. The molecular formula is C15H19N3O3S. The summed E-state index contributed by atoms with van der Waals surface area (Å²) in [4.78, 5) is 16.0. The summed E-state index contributed by atoms with van der Waals surface area (Å²) < 4.78 is 10.6. The Labute approximate surface area is 133 Å². The molecule has 1 heterocycles. The number of nitrogens with one attached hydrogen (secondary N) is 2. The third-order valence-corrected chi connectivity index (χ3v) is 3.93. The van der Waals surface area contributed by atoms with Gasteiger partial charge in [0.2, 0.25) is 0 Å². The van der Waals surface area contributed by atoms with Gasteiger partial charge in [0.15, 0.2) is 16.6 Å². The molecule has 2 rings (SSSR count). The van der Waals surface area contributed by atoms with E-state index in [2.05, 4.69) is 15.6 Å². The van der Waals surface area contributed by atoms with Gasteiger partial charge in [-0.15, -0.1) is 11.3 Å². The second kappa shape index (κ2) is 7.13. The van der Waals surface area contributed by atoms with Gasteiger partial charge in [0.1, 0.15) is 0 Å². The molecule has 0 bridgehead atoms. The number of anilines is 1. The van der Waals surface area contributed by atoms with Crippen molar-refractivity contribution >= 4 is 22.5 Å². The number of aryl methyl sites for hydroxylation is 1. The Kier molecular flexibility index (Phi) is 5.21. The summed E-state index contributed by atoms with van der Waals surface area (Å²) >= 11 is 1.37. The summed E-state index contributed by atoms with van der Waals surface area (Å²) in [6.45, 7) is 3.88. The molecule has 2 aromatic rings. The van der Waals surface area contributed by atoms with Crippen LogP contribution >= 0.6 is 11.3 Å². The summed E-state index contributed by atoms with van der Waals surface area (Å²) in [7, 11) is 3.18. The molecule has 0 radical (unpaired) electrons. The van der Waals surface area contributed by atoms with Crippen molar-refractivity contribution < 1.29 is 14.3 Å². The lowest BCUT2D eigenvalue weighted by Gasteiger charge is -2.19. The Morgan fingerprint density at radius 2 is 1.95 bits per heavy atom. The van der Waals surface area contributed by atoms with Crippen molar-refractivity contribution in [2.24, 2.45) is 0 Å². The van der Waals surface area contributed by atoms with Crippen LogP contribution in [0.4, 0.5) is 9.93 Å². The van der Waals surface area contributed by atoms with Crippen LogP contribution in [0.1, 0.15) is 24.1 Å².